The summed E-state index contributed by atoms with van der Waals surface area (Å²) in [5, 5.41) is 13.6. The molecule has 0 atom stereocenters. The Morgan fingerprint density at radius 1 is 1.27 bits per heavy atom. The Kier molecular flexibility index (Phi) is 5.57. The number of hydrogen-bond donors (Lipinski definition) is 1. The predicted molar refractivity (Wildman–Crippen MR) is 91.3 cm³/mol. The van der Waals surface area contributed by atoms with Crippen molar-refractivity contribution in [3.8, 4) is 0 Å². The van der Waals surface area contributed by atoms with Crippen LogP contribution in [0, 0.1) is 17.0 Å². The summed E-state index contributed by atoms with van der Waals surface area (Å²) in [7, 11) is 0. The Balaban J connectivity index is 1.96. The molecule has 0 saturated heterocycles. The van der Waals surface area contributed by atoms with Gasteiger partial charge in [-0.05, 0) is 37.3 Å². The number of rotatable bonds is 5. The monoisotopic (exact) mass is 380 g/mol. The molecule has 0 aliphatic rings. The minimum absolute atomic E-state index is 0.00152. The van der Waals surface area contributed by atoms with E-state index in [2.05, 4.69) is 21.2 Å². The van der Waals surface area contributed by atoms with E-state index in [0.717, 1.165) is 9.37 Å². The fourth-order valence-corrected chi connectivity index (χ4v) is 2.72. The van der Waals surface area contributed by atoms with E-state index in [4.69, 9.17) is 0 Å². The van der Waals surface area contributed by atoms with E-state index in [1.807, 2.05) is 24.3 Å². The average molecular weight is 381 g/mol. The van der Waals surface area contributed by atoms with Gasteiger partial charge in [0.1, 0.15) is 0 Å². The van der Waals surface area contributed by atoms with Crippen molar-refractivity contribution in [2.75, 3.05) is 11.1 Å². The highest BCUT2D eigenvalue weighted by Gasteiger charge is 2.12. The van der Waals surface area contributed by atoms with Gasteiger partial charge in [-0.25, -0.2) is 0 Å². The van der Waals surface area contributed by atoms with E-state index in [1.165, 1.54) is 17.8 Å². The van der Waals surface area contributed by atoms with Gasteiger partial charge >= 0.3 is 0 Å². The van der Waals surface area contributed by atoms with Crippen LogP contribution in [0.3, 0.4) is 0 Å². The van der Waals surface area contributed by atoms with Crippen molar-refractivity contribution >= 4 is 45.0 Å². The van der Waals surface area contributed by atoms with Crippen molar-refractivity contribution in [1.29, 1.82) is 0 Å². The number of amides is 1. The first kappa shape index (κ1) is 16.5. The molecular weight excluding hydrogens is 368 g/mol. The van der Waals surface area contributed by atoms with Crippen LogP contribution in [0.2, 0.25) is 0 Å². The van der Waals surface area contributed by atoms with E-state index in [9.17, 15) is 14.9 Å². The van der Waals surface area contributed by atoms with E-state index in [1.54, 1.807) is 19.1 Å². The molecule has 0 heterocycles. The Hall–Kier alpha value is -1.86. The summed E-state index contributed by atoms with van der Waals surface area (Å²) in [5.74, 6) is 0.0367. The molecule has 0 radical (unpaired) electrons. The third-order valence-corrected chi connectivity index (χ3v) is 4.41. The lowest BCUT2D eigenvalue weighted by Crippen LogP contribution is -2.14. The number of nitro groups is 1. The van der Waals surface area contributed by atoms with Crippen molar-refractivity contribution in [3.63, 3.8) is 0 Å². The quantitative estimate of drug-likeness (QED) is 0.474. The summed E-state index contributed by atoms with van der Waals surface area (Å²) < 4.78 is 0.980. The first-order valence-corrected chi connectivity index (χ1v) is 8.17. The van der Waals surface area contributed by atoms with E-state index in [0.29, 0.717) is 11.3 Å². The number of nitrogens with zero attached hydrogens (tertiary/aromatic N) is 1. The van der Waals surface area contributed by atoms with Crippen LogP contribution in [-0.4, -0.2) is 16.6 Å². The topological polar surface area (TPSA) is 72.2 Å². The molecule has 0 spiro atoms. The van der Waals surface area contributed by atoms with Crippen LogP contribution in [0.5, 0.6) is 0 Å². The summed E-state index contributed by atoms with van der Waals surface area (Å²) in [5.41, 5.74) is 0.990. The van der Waals surface area contributed by atoms with Crippen LogP contribution in [0.1, 0.15) is 5.56 Å². The second kappa shape index (κ2) is 7.42. The van der Waals surface area contributed by atoms with Crippen molar-refractivity contribution in [2.24, 2.45) is 0 Å². The van der Waals surface area contributed by atoms with E-state index >= 15 is 0 Å². The number of carbonyl (C=O) groups excluding carboxylic acids is 1. The molecule has 0 aliphatic carbocycles. The van der Waals surface area contributed by atoms with Gasteiger partial charge in [-0.3, -0.25) is 14.9 Å². The highest BCUT2D eigenvalue weighted by Crippen LogP contribution is 2.23. The first-order valence-electron chi connectivity index (χ1n) is 6.39. The molecule has 0 aliphatic heterocycles. The van der Waals surface area contributed by atoms with Crippen LogP contribution in [-0.2, 0) is 4.79 Å². The molecule has 1 N–H and O–H groups in total. The maximum absolute atomic E-state index is 11.9. The Morgan fingerprint density at radius 2 is 1.95 bits per heavy atom. The van der Waals surface area contributed by atoms with Gasteiger partial charge in [0.15, 0.2) is 0 Å². The second-order valence-electron chi connectivity index (χ2n) is 4.55. The van der Waals surface area contributed by atoms with E-state index < -0.39 is 4.92 Å². The highest BCUT2D eigenvalue weighted by atomic mass is 79.9. The number of aryl methyl sites for hydroxylation is 1. The largest absolute Gasteiger partial charge is 0.325 e. The fourth-order valence-electron chi connectivity index (χ4n) is 1.76. The van der Waals surface area contributed by atoms with E-state index in [-0.39, 0.29) is 17.3 Å². The minimum Gasteiger partial charge on any atom is -0.325 e. The van der Waals surface area contributed by atoms with Crippen molar-refractivity contribution in [1.82, 2.24) is 0 Å². The zero-order valence-corrected chi connectivity index (χ0v) is 14.1. The lowest BCUT2D eigenvalue weighted by molar-refractivity contribution is -0.385. The number of halogens is 1. The number of benzene rings is 2. The highest BCUT2D eigenvalue weighted by molar-refractivity contribution is 9.10. The molecule has 2 aromatic rings. The average Bonchev–Trinajstić information content (AvgIpc) is 2.48. The van der Waals surface area contributed by atoms with Crippen molar-refractivity contribution in [3.05, 3.63) is 62.6 Å². The maximum Gasteiger partial charge on any atom is 0.274 e. The predicted octanol–water partition coefficient (Wildman–Crippen LogP) is 4.40. The van der Waals surface area contributed by atoms with Crippen LogP contribution >= 0.6 is 27.7 Å². The smallest absolute Gasteiger partial charge is 0.274 e. The molecule has 114 valence electrons. The van der Waals surface area contributed by atoms with Crippen molar-refractivity contribution in [2.45, 2.75) is 11.8 Å². The minimum atomic E-state index is -0.457. The molecule has 22 heavy (non-hydrogen) atoms. The number of nitrogens with one attached hydrogen (secondary N) is 1. The third kappa shape index (κ3) is 4.57. The van der Waals surface area contributed by atoms with Gasteiger partial charge in [-0.15, -0.1) is 11.8 Å². The summed E-state index contributed by atoms with van der Waals surface area (Å²) in [6, 6.07) is 12.3. The molecule has 5 nitrogen and oxygen atoms in total. The van der Waals surface area contributed by atoms with Crippen LogP contribution in [0.4, 0.5) is 11.4 Å². The second-order valence-corrected chi connectivity index (χ2v) is 6.51. The van der Waals surface area contributed by atoms with Gasteiger partial charge in [-0.2, -0.15) is 0 Å². The molecule has 0 unspecified atom stereocenters. The van der Waals surface area contributed by atoms with Gasteiger partial charge in [0, 0.05) is 26.7 Å². The van der Waals surface area contributed by atoms with Crippen molar-refractivity contribution < 1.29 is 9.72 Å². The number of thioether (sulfide) groups is 1. The molecule has 0 saturated carbocycles. The maximum atomic E-state index is 11.9. The van der Waals surface area contributed by atoms with Gasteiger partial charge in [-0.1, -0.05) is 22.0 Å². The number of anilines is 1. The summed E-state index contributed by atoms with van der Waals surface area (Å²) >= 11 is 4.75. The van der Waals surface area contributed by atoms with Gasteiger partial charge in [0.05, 0.1) is 10.7 Å². The Morgan fingerprint density at radius 3 is 2.59 bits per heavy atom. The van der Waals surface area contributed by atoms with Gasteiger partial charge in [0.25, 0.3) is 5.69 Å². The number of nitro benzene ring substituents is 1. The SMILES string of the molecule is Cc1ccc(NC(=O)CSc2ccc(Br)cc2)cc1[N+](=O)[O-]. The van der Waals surface area contributed by atoms with Gasteiger partial charge in [0.2, 0.25) is 5.91 Å². The molecule has 0 aromatic heterocycles. The standard InChI is InChI=1S/C15H13BrN2O3S/c1-10-2-5-12(8-14(10)18(20)21)17-15(19)9-22-13-6-3-11(16)4-7-13/h2-8H,9H2,1H3,(H,17,19). The van der Waals surface area contributed by atoms with Gasteiger partial charge < -0.3 is 5.32 Å². The summed E-state index contributed by atoms with van der Waals surface area (Å²) in [6.07, 6.45) is 0. The third-order valence-electron chi connectivity index (χ3n) is 2.87. The Bertz CT molecular complexity index is 704. The normalized spacial score (nSPS) is 10.3. The van der Waals surface area contributed by atoms with Crippen LogP contribution < -0.4 is 5.32 Å². The molecule has 1 amide bonds. The molecular formula is C15H13BrN2O3S. The summed E-state index contributed by atoms with van der Waals surface area (Å²) in [6.45, 7) is 1.66. The summed E-state index contributed by atoms with van der Waals surface area (Å²) in [4.78, 5) is 23.3. The first-order chi connectivity index (χ1) is 10.5. The molecule has 0 bridgehead atoms. The zero-order valence-electron chi connectivity index (χ0n) is 11.7. The molecule has 2 aromatic carbocycles. The lowest BCUT2D eigenvalue weighted by atomic mass is 10.2. The lowest BCUT2D eigenvalue weighted by Gasteiger charge is -2.06. The fraction of sp³-hybridized carbons (Fsp3) is 0.133. The number of carbonyl (C=O) groups is 1. The molecule has 0 fully saturated rings. The number of hydrogen-bond acceptors (Lipinski definition) is 4. The van der Waals surface area contributed by atoms with Crippen LogP contribution in [0.15, 0.2) is 51.8 Å². The molecule has 2 rings (SSSR count). The molecule has 7 heteroatoms. The van der Waals surface area contributed by atoms with Crippen LogP contribution in [0.25, 0.3) is 0 Å². The zero-order chi connectivity index (χ0) is 16.1. The Labute approximate surface area is 140 Å².